The van der Waals surface area contributed by atoms with Gasteiger partial charge in [-0.2, -0.15) is 0 Å². The Morgan fingerprint density at radius 3 is 2.56 bits per heavy atom. The van der Waals surface area contributed by atoms with Crippen LogP contribution in [0, 0.1) is 28.6 Å². The number of carbonyl (C=O) groups excluding carboxylic acids is 2. The average molecular weight is 437 g/mol. The number of rotatable bonds is 4. The monoisotopic (exact) mass is 436 g/mol. The molecule has 0 amide bonds. The molecule has 0 unspecified atom stereocenters. The van der Waals surface area contributed by atoms with E-state index < -0.39 is 0 Å². The van der Waals surface area contributed by atoms with Crippen LogP contribution in [-0.2, 0) is 25.7 Å². The van der Waals surface area contributed by atoms with Crippen molar-refractivity contribution in [2.24, 2.45) is 28.6 Å². The lowest BCUT2D eigenvalue weighted by molar-refractivity contribution is -0.150. The fraction of sp³-hybridized carbons (Fsp3) is 0.643. The topological polar surface area (TPSA) is 52.6 Å². The van der Waals surface area contributed by atoms with E-state index in [-0.39, 0.29) is 34.9 Å². The molecule has 4 nitrogen and oxygen atoms in total. The van der Waals surface area contributed by atoms with Gasteiger partial charge in [0.05, 0.1) is 12.7 Å². The summed E-state index contributed by atoms with van der Waals surface area (Å²) in [5.41, 5.74) is 2.56. The number of hydrogen-bond acceptors (Lipinski definition) is 4. The summed E-state index contributed by atoms with van der Waals surface area (Å²) in [6.07, 6.45) is 9.05. The number of ether oxygens (including phenoxy) is 2. The van der Waals surface area contributed by atoms with Crippen molar-refractivity contribution < 1.29 is 19.1 Å². The molecule has 32 heavy (non-hydrogen) atoms. The third kappa shape index (κ3) is 3.55. The number of ketones is 1. The number of allylic oxidation sites excluding steroid dienone is 1. The minimum absolute atomic E-state index is 0.0551. The molecule has 3 saturated carbocycles. The highest BCUT2D eigenvalue weighted by Gasteiger charge is 2.61. The van der Waals surface area contributed by atoms with E-state index in [4.69, 9.17) is 9.47 Å². The molecule has 0 radical (unpaired) electrons. The zero-order valence-corrected chi connectivity index (χ0v) is 19.6. The van der Waals surface area contributed by atoms with Crippen molar-refractivity contribution in [1.29, 1.82) is 0 Å². The molecule has 1 aromatic rings. The Morgan fingerprint density at radius 1 is 1.03 bits per heavy atom. The van der Waals surface area contributed by atoms with Crippen LogP contribution in [0.15, 0.2) is 42.0 Å². The second-order valence-electron chi connectivity index (χ2n) is 11.1. The van der Waals surface area contributed by atoms with Gasteiger partial charge in [0, 0.05) is 19.3 Å². The van der Waals surface area contributed by atoms with Crippen LogP contribution in [0.5, 0.6) is 0 Å². The molecule has 0 bridgehead atoms. The Balaban J connectivity index is 1.35. The summed E-state index contributed by atoms with van der Waals surface area (Å²) < 4.78 is 12.0. The first-order chi connectivity index (χ1) is 15.3. The third-order valence-electron chi connectivity index (χ3n) is 9.44. The minimum atomic E-state index is -0.222. The van der Waals surface area contributed by atoms with Gasteiger partial charge in [-0.3, -0.25) is 9.59 Å². The summed E-state index contributed by atoms with van der Waals surface area (Å²) in [6.45, 7) is 6.87. The van der Waals surface area contributed by atoms with E-state index in [0.717, 1.165) is 44.9 Å². The number of hydrogen-bond donors (Lipinski definition) is 0. The van der Waals surface area contributed by atoms with Gasteiger partial charge in [-0.25, -0.2) is 0 Å². The van der Waals surface area contributed by atoms with E-state index in [1.807, 2.05) is 12.1 Å². The smallest absolute Gasteiger partial charge is 0.302 e. The molecule has 172 valence electrons. The maximum Gasteiger partial charge on any atom is 0.302 e. The quantitative estimate of drug-likeness (QED) is 0.573. The second-order valence-corrected chi connectivity index (χ2v) is 11.1. The van der Waals surface area contributed by atoms with Gasteiger partial charge in [0.2, 0.25) is 0 Å². The van der Waals surface area contributed by atoms with Crippen molar-refractivity contribution in [2.75, 3.05) is 0 Å². The minimum Gasteiger partial charge on any atom is -0.462 e. The molecule has 0 aliphatic heterocycles. The zero-order chi connectivity index (χ0) is 22.5. The van der Waals surface area contributed by atoms with Crippen LogP contribution in [0.1, 0.15) is 71.3 Å². The molecule has 4 aliphatic rings. The number of esters is 1. The highest BCUT2D eigenvalue weighted by molar-refractivity contribution is 5.94. The number of fused-ring (bicyclic) bond motifs is 5. The Hall–Kier alpha value is -1.94. The summed E-state index contributed by atoms with van der Waals surface area (Å²) in [5.74, 6) is 0.999. The van der Waals surface area contributed by atoms with Crippen LogP contribution in [0.4, 0.5) is 0 Å². The Kier molecular flexibility index (Phi) is 5.56. The van der Waals surface area contributed by atoms with E-state index in [1.165, 1.54) is 18.1 Å². The molecule has 0 N–H and O–H groups in total. The van der Waals surface area contributed by atoms with Crippen molar-refractivity contribution in [3.8, 4) is 0 Å². The molecule has 0 saturated heterocycles. The fourth-order valence-corrected chi connectivity index (χ4v) is 7.70. The van der Waals surface area contributed by atoms with E-state index in [0.29, 0.717) is 24.2 Å². The summed E-state index contributed by atoms with van der Waals surface area (Å²) in [5, 5.41) is 0. The molecular formula is C28H36O4. The molecule has 0 heterocycles. The predicted octanol–water partition coefficient (Wildman–Crippen LogP) is 5.65. The van der Waals surface area contributed by atoms with Gasteiger partial charge < -0.3 is 9.47 Å². The first kappa shape index (κ1) is 21.9. The van der Waals surface area contributed by atoms with E-state index in [1.54, 1.807) is 0 Å². The molecule has 1 aromatic carbocycles. The number of carbonyl (C=O) groups is 2. The summed E-state index contributed by atoms with van der Waals surface area (Å²) in [7, 11) is 0. The van der Waals surface area contributed by atoms with Gasteiger partial charge >= 0.3 is 5.97 Å². The van der Waals surface area contributed by atoms with Crippen LogP contribution in [0.3, 0.4) is 0 Å². The van der Waals surface area contributed by atoms with Crippen molar-refractivity contribution in [3.63, 3.8) is 0 Å². The van der Waals surface area contributed by atoms with Crippen molar-refractivity contribution >= 4 is 11.8 Å². The van der Waals surface area contributed by atoms with Gasteiger partial charge in [0.1, 0.15) is 6.10 Å². The Morgan fingerprint density at radius 2 is 1.81 bits per heavy atom. The lowest BCUT2D eigenvalue weighted by Crippen LogP contribution is -2.54. The van der Waals surface area contributed by atoms with Crippen molar-refractivity contribution in [3.05, 3.63) is 47.5 Å². The average Bonchev–Trinajstić information content (AvgIpc) is 3.10. The van der Waals surface area contributed by atoms with Gasteiger partial charge in [0.25, 0.3) is 0 Å². The third-order valence-corrected chi connectivity index (χ3v) is 9.44. The summed E-state index contributed by atoms with van der Waals surface area (Å²) >= 11 is 0. The van der Waals surface area contributed by atoms with Crippen molar-refractivity contribution in [1.82, 2.24) is 0 Å². The van der Waals surface area contributed by atoms with E-state index >= 15 is 0 Å². The van der Waals surface area contributed by atoms with Crippen LogP contribution >= 0.6 is 0 Å². The fourth-order valence-electron chi connectivity index (χ4n) is 7.70. The molecule has 4 heteroatoms. The van der Waals surface area contributed by atoms with Crippen LogP contribution in [0.2, 0.25) is 0 Å². The molecule has 7 atom stereocenters. The van der Waals surface area contributed by atoms with Gasteiger partial charge in [-0.1, -0.05) is 49.8 Å². The molecular weight excluding hydrogens is 400 g/mol. The summed E-state index contributed by atoms with van der Waals surface area (Å²) in [6, 6.07) is 10.4. The Labute approximate surface area is 191 Å². The zero-order valence-electron chi connectivity index (χ0n) is 19.6. The van der Waals surface area contributed by atoms with E-state index in [2.05, 4.69) is 38.1 Å². The maximum atomic E-state index is 13.5. The molecule has 3 fully saturated rings. The summed E-state index contributed by atoms with van der Waals surface area (Å²) in [4.78, 5) is 25.0. The standard InChI is InChI=1S/C28H36O4/c1-18(29)32-21-11-13-27(2)20(15-21)16-24(30)26-22-9-10-25(28(22,3)14-12-23(26)27)31-17-19-7-5-4-6-8-19/h4-8,16,21-23,25-26H,9-15,17H2,1-3H3/t21-,22+,23+,25-,26-,27+,28+/m0/s1. The molecule has 4 aliphatic carbocycles. The van der Waals surface area contributed by atoms with Crippen LogP contribution in [0.25, 0.3) is 0 Å². The first-order valence-corrected chi connectivity index (χ1v) is 12.4. The highest BCUT2D eigenvalue weighted by atomic mass is 16.5. The van der Waals surface area contributed by atoms with Crippen LogP contribution < -0.4 is 0 Å². The lowest BCUT2D eigenvalue weighted by atomic mass is 9.47. The predicted molar refractivity (Wildman–Crippen MR) is 123 cm³/mol. The maximum absolute atomic E-state index is 13.5. The SMILES string of the molecule is CC(=O)O[C@H]1CC[C@]2(C)C(=CC(=O)[C@H]3[C@H]4CC[C@H](OCc5ccccc5)[C@]4(C)CC[C@H]32)C1. The van der Waals surface area contributed by atoms with Gasteiger partial charge in [0.15, 0.2) is 5.78 Å². The number of benzene rings is 1. The molecule has 0 spiro atoms. The second kappa shape index (κ2) is 8.13. The van der Waals surface area contributed by atoms with Crippen molar-refractivity contribution in [2.45, 2.75) is 84.5 Å². The van der Waals surface area contributed by atoms with Gasteiger partial charge in [-0.05, 0) is 72.8 Å². The van der Waals surface area contributed by atoms with Gasteiger partial charge in [-0.15, -0.1) is 0 Å². The lowest BCUT2D eigenvalue weighted by Gasteiger charge is -2.57. The first-order valence-electron chi connectivity index (χ1n) is 12.4. The van der Waals surface area contributed by atoms with Crippen LogP contribution in [-0.4, -0.2) is 24.0 Å². The molecule has 5 rings (SSSR count). The Bertz CT molecular complexity index is 921. The normalized spacial score (nSPS) is 40.7. The van der Waals surface area contributed by atoms with E-state index in [9.17, 15) is 9.59 Å². The largest absolute Gasteiger partial charge is 0.462 e. The highest BCUT2D eigenvalue weighted by Crippen LogP contribution is 2.64. The molecule has 0 aromatic heterocycles.